The van der Waals surface area contributed by atoms with Crippen LogP contribution >= 0.6 is 0 Å². The molecule has 0 bridgehead atoms. The third-order valence-electron chi connectivity index (χ3n) is 3.65. The number of benzene rings is 1. The average molecular weight is 246 g/mol. The van der Waals surface area contributed by atoms with Crippen molar-refractivity contribution in [1.82, 2.24) is 0 Å². The summed E-state index contributed by atoms with van der Waals surface area (Å²) < 4.78 is 0. The number of rotatable bonds is 2. The Balaban J connectivity index is 2.48. The highest BCUT2D eigenvalue weighted by Gasteiger charge is 2.19. The van der Waals surface area contributed by atoms with Crippen LogP contribution in [0.25, 0.3) is 0 Å². The lowest BCUT2D eigenvalue weighted by atomic mass is 10.0. The molecule has 3 heteroatoms. The third-order valence-corrected chi connectivity index (χ3v) is 3.65. The van der Waals surface area contributed by atoms with Crippen molar-refractivity contribution in [2.45, 2.75) is 40.5 Å². The van der Waals surface area contributed by atoms with Crippen molar-refractivity contribution < 1.29 is 4.79 Å². The standard InChI is InChI=1S/C15H22N2O/c1-10-9-11(2)15(17-7-5-6-8-17)12(3)14(10)16-13(4)18/h9H,5-8H2,1-4H3,(H,16,18). The van der Waals surface area contributed by atoms with Gasteiger partial charge in [-0.15, -0.1) is 0 Å². The second kappa shape index (κ2) is 5.01. The summed E-state index contributed by atoms with van der Waals surface area (Å²) in [6.45, 7) is 10.1. The van der Waals surface area contributed by atoms with Crippen LogP contribution in [0.5, 0.6) is 0 Å². The highest BCUT2D eigenvalue weighted by molar-refractivity contribution is 5.92. The molecule has 1 aliphatic rings. The van der Waals surface area contributed by atoms with E-state index in [1.54, 1.807) is 6.92 Å². The van der Waals surface area contributed by atoms with Crippen LogP contribution in [0.3, 0.4) is 0 Å². The van der Waals surface area contributed by atoms with Gasteiger partial charge in [-0.3, -0.25) is 4.79 Å². The zero-order valence-electron chi connectivity index (χ0n) is 11.8. The number of nitrogens with zero attached hydrogens (tertiary/aromatic N) is 1. The number of carbonyl (C=O) groups is 1. The smallest absolute Gasteiger partial charge is 0.221 e. The number of aryl methyl sites for hydroxylation is 2. The first-order chi connectivity index (χ1) is 8.50. The number of anilines is 2. The number of hydrogen-bond donors (Lipinski definition) is 1. The second-order valence-corrected chi connectivity index (χ2v) is 5.23. The topological polar surface area (TPSA) is 32.3 Å². The van der Waals surface area contributed by atoms with E-state index in [4.69, 9.17) is 0 Å². The lowest BCUT2D eigenvalue weighted by Gasteiger charge is -2.25. The van der Waals surface area contributed by atoms with Crippen molar-refractivity contribution in [2.75, 3.05) is 23.3 Å². The van der Waals surface area contributed by atoms with Gasteiger partial charge >= 0.3 is 0 Å². The summed E-state index contributed by atoms with van der Waals surface area (Å²) in [4.78, 5) is 13.8. The largest absolute Gasteiger partial charge is 0.371 e. The predicted octanol–water partition coefficient (Wildman–Crippen LogP) is 3.17. The van der Waals surface area contributed by atoms with Crippen molar-refractivity contribution in [2.24, 2.45) is 0 Å². The summed E-state index contributed by atoms with van der Waals surface area (Å²) >= 11 is 0. The first kappa shape index (κ1) is 12.9. The first-order valence-corrected chi connectivity index (χ1v) is 6.64. The van der Waals surface area contributed by atoms with Crippen LogP contribution in [0, 0.1) is 20.8 Å². The van der Waals surface area contributed by atoms with Gasteiger partial charge in [0.2, 0.25) is 5.91 Å². The van der Waals surface area contributed by atoms with E-state index in [0.717, 1.165) is 24.3 Å². The minimum atomic E-state index is -0.00238. The Hall–Kier alpha value is -1.51. The van der Waals surface area contributed by atoms with Gasteiger partial charge in [-0.25, -0.2) is 0 Å². The zero-order chi connectivity index (χ0) is 13.3. The Bertz CT molecular complexity index is 474. The molecule has 2 rings (SSSR count). The summed E-state index contributed by atoms with van der Waals surface area (Å²) in [7, 11) is 0. The van der Waals surface area contributed by atoms with Crippen molar-refractivity contribution in [3.05, 3.63) is 22.8 Å². The number of nitrogens with one attached hydrogen (secondary N) is 1. The Morgan fingerprint density at radius 2 is 1.78 bits per heavy atom. The van der Waals surface area contributed by atoms with E-state index in [1.807, 2.05) is 0 Å². The molecule has 0 radical (unpaired) electrons. The highest BCUT2D eigenvalue weighted by atomic mass is 16.1. The number of amides is 1. The molecule has 0 aromatic heterocycles. The molecule has 1 amide bonds. The molecule has 98 valence electrons. The Morgan fingerprint density at radius 1 is 1.17 bits per heavy atom. The SMILES string of the molecule is CC(=O)Nc1c(C)cc(C)c(N2CCCC2)c1C. The molecule has 1 aliphatic heterocycles. The molecule has 1 aromatic carbocycles. The van der Waals surface area contributed by atoms with E-state index in [0.29, 0.717) is 0 Å². The molecule has 1 N–H and O–H groups in total. The monoisotopic (exact) mass is 246 g/mol. The van der Waals surface area contributed by atoms with E-state index in [9.17, 15) is 4.79 Å². The molecule has 1 aromatic rings. The van der Waals surface area contributed by atoms with Gasteiger partial charge in [0.1, 0.15) is 0 Å². The van der Waals surface area contributed by atoms with Crippen LogP contribution < -0.4 is 10.2 Å². The van der Waals surface area contributed by atoms with Crippen LogP contribution in [0.4, 0.5) is 11.4 Å². The van der Waals surface area contributed by atoms with E-state index >= 15 is 0 Å². The van der Waals surface area contributed by atoms with Crippen LogP contribution in [0.2, 0.25) is 0 Å². The van der Waals surface area contributed by atoms with Gasteiger partial charge in [0.15, 0.2) is 0 Å². The summed E-state index contributed by atoms with van der Waals surface area (Å²) in [5.74, 6) is -0.00238. The fourth-order valence-electron chi connectivity index (χ4n) is 2.97. The van der Waals surface area contributed by atoms with Crippen LogP contribution in [-0.4, -0.2) is 19.0 Å². The molecule has 0 atom stereocenters. The molecule has 1 saturated heterocycles. The predicted molar refractivity (Wildman–Crippen MR) is 76.4 cm³/mol. The van der Waals surface area contributed by atoms with Crippen LogP contribution in [0.15, 0.2) is 6.07 Å². The maximum Gasteiger partial charge on any atom is 0.221 e. The lowest BCUT2D eigenvalue weighted by Crippen LogP contribution is -2.21. The van der Waals surface area contributed by atoms with E-state index < -0.39 is 0 Å². The van der Waals surface area contributed by atoms with E-state index in [1.165, 1.54) is 29.7 Å². The minimum Gasteiger partial charge on any atom is -0.371 e. The molecule has 0 aliphatic carbocycles. The normalized spacial score (nSPS) is 15.0. The Kier molecular flexibility index (Phi) is 3.60. The molecule has 3 nitrogen and oxygen atoms in total. The molecule has 0 saturated carbocycles. The maximum atomic E-state index is 11.3. The highest BCUT2D eigenvalue weighted by Crippen LogP contribution is 2.35. The van der Waals surface area contributed by atoms with E-state index in [-0.39, 0.29) is 5.91 Å². The Morgan fingerprint density at radius 3 is 2.33 bits per heavy atom. The fourth-order valence-corrected chi connectivity index (χ4v) is 2.97. The van der Waals surface area contributed by atoms with Gasteiger partial charge < -0.3 is 10.2 Å². The molecule has 0 unspecified atom stereocenters. The summed E-state index contributed by atoms with van der Waals surface area (Å²) in [6.07, 6.45) is 2.53. The second-order valence-electron chi connectivity index (χ2n) is 5.23. The average Bonchev–Trinajstić information content (AvgIpc) is 2.77. The molecule has 0 spiro atoms. The van der Waals surface area contributed by atoms with Gasteiger partial charge in [-0.1, -0.05) is 6.07 Å². The van der Waals surface area contributed by atoms with Crippen molar-refractivity contribution in [3.8, 4) is 0 Å². The molecule has 1 heterocycles. The molecule has 1 fully saturated rings. The molecular formula is C15H22N2O. The number of hydrogen-bond acceptors (Lipinski definition) is 2. The summed E-state index contributed by atoms with van der Waals surface area (Å²) in [5.41, 5.74) is 5.94. The van der Waals surface area contributed by atoms with Crippen molar-refractivity contribution in [1.29, 1.82) is 0 Å². The van der Waals surface area contributed by atoms with Gasteiger partial charge in [0.05, 0.1) is 0 Å². The van der Waals surface area contributed by atoms with Gasteiger partial charge in [-0.05, 0) is 50.3 Å². The van der Waals surface area contributed by atoms with Crippen molar-refractivity contribution in [3.63, 3.8) is 0 Å². The summed E-state index contributed by atoms with van der Waals surface area (Å²) in [6, 6.07) is 2.17. The van der Waals surface area contributed by atoms with Crippen molar-refractivity contribution >= 4 is 17.3 Å². The minimum absolute atomic E-state index is 0.00238. The Labute approximate surface area is 109 Å². The maximum absolute atomic E-state index is 11.3. The fraction of sp³-hybridized carbons (Fsp3) is 0.533. The van der Waals surface area contributed by atoms with E-state index in [2.05, 4.69) is 37.1 Å². The number of carbonyl (C=O) groups excluding carboxylic acids is 1. The quantitative estimate of drug-likeness (QED) is 0.869. The first-order valence-electron chi connectivity index (χ1n) is 6.64. The summed E-state index contributed by atoms with van der Waals surface area (Å²) in [5, 5.41) is 2.97. The van der Waals surface area contributed by atoms with Crippen LogP contribution in [0.1, 0.15) is 36.5 Å². The third kappa shape index (κ3) is 2.35. The van der Waals surface area contributed by atoms with Crippen LogP contribution in [-0.2, 0) is 4.79 Å². The van der Waals surface area contributed by atoms with Gasteiger partial charge in [-0.2, -0.15) is 0 Å². The van der Waals surface area contributed by atoms with Gasteiger partial charge in [0, 0.05) is 31.4 Å². The zero-order valence-corrected chi connectivity index (χ0v) is 11.8. The molecule has 18 heavy (non-hydrogen) atoms. The van der Waals surface area contributed by atoms with Gasteiger partial charge in [0.25, 0.3) is 0 Å². The molecular weight excluding hydrogens is 224 g/mol. The lowest BCUT2D eigenvalue weighted by molar-refractivity contribution is -0.114.